The van der Waals surface area contributed by atoms with Crippen LogP contribution in [0.3, 0.4) is 0 Å². The molecule has 0 N–H and O–H groups in total. The molecule has 2 amide bonds. The minimum atomic E-state index is -0.480. The normalized spacial score (nSPS) is 15.0. The zero-order chi connectivity index (χ0) is 18.0. The molecule has 6 nitrogen and oxygen atoms in total. The van der Waals surface area contributed by atoms with Crippen molar-refractivity contribution in [1.29, 1.82) is 0 Å². The molecule has 0 aliphatic carbocycles. The van der Waals surface area contributed by atoms with Crippen LogP contribution in [0.25, 0.3) is 6.08 Å². The van der Waals surface area contributed by atoms with Crippen LogP contribution < -0.4 is 9.47 Å². The molecule has 1 aliphatic heterocycles. The minimum Gasteiger partial charge on any atom is -0.493 e. The van der Waals surface area contributed by atoms with E-state index >= 15 is 0 Å². The quantitative estimate of drug-likeness (QED) is 0.464. The lowest BCUT2D eigenvalue weighted by molar-refractivity contribution is -0.132. The number of carbonyl (C=O) groups is 2. The zero-order valence-corrected chi connectivity index (χ0v) is 15.3. The molecule has 1 saturated heterocycles. The molecule has 1 aliphatic rings. The first-order valence-corrected chi connectivity index (χ1v) is 7.92. The van der Waals surface area contributed by atoms with Gasteiger partial charge in [-0.05, 0) is 36.8 Å². The Morgan fingerprint density at radius 3 is 2.25 bits per heavy atom. The van der Waals surface area contributed by atoms with Crippen LogP contribution in [0.15, 0.2) is 17.7 Å². The number of amides is 2. The number of rotatable bonds is 4. The summed E-state index contributed by atoms with van der Waals surface area (Å²) in [6.45, 7) is 2.30. The van der Waals surface area contributed by atoms with Gasteiger partial charge in [-0.25, -0.2) is 0 Å². The number of likely N-dealkylation sites (N-methyl/N-ethyl adjacent to an activating group) is 2. The Hall–Kier alpha value is -2.12. The Balaban J connectivity index is 2.52. The van der Waals surface area contributed by atoms with Crippen molar-refractivity contribution >= 4 is 46.8 Å². The molecule has 0 aromatic heterocycles. The third-order valence-corrected chi connectivity index (χ3v) is 4.40. The molecule has 0 atom stereocenters. The number of hydrogen-bond donors (Lipinski definition) is 0. The SMILES string of the molecule is CCOc1cc(Cl)c(C=C2C(=O)N(C)C(=S)N(C)C2=O)cc1OC. The largest absolute Gasteiger partial charge is 0.493 e. The maximum absolute atomic E-state index is 12.4. The van der Waals surface area contributed by atoms with E-state index in [2.05, 4.69) is 0 Å². The van der Waals surface area contributed by atoms with Crippen molar-refractivity contribution in [2.24, 2.45) is 0 Å². The van der Waals surface area contributed by atoms with E-state index in [4.69, 9.17) is 33.3 Å². The van der Waals surface area contributed by atoms with Crippen molar-refractivity contribution < 1.29 is 19.1 Å². The Morgan fingerprint density at radius 2 is 1.75 bits per heavy atom. The highest BCUT2D eigenvalue weighted by Gasteiger charge is 2.35. The van der Waals surface area contributed by atoms with Gasteiger partial charge in [0, 0.05) is 20.2 Å². The molecular formula is C16H17ClN2O4S. The van der Waals surface area contributed by atoms with E-state index in [-0.39, 0.29) is 10.7 Å². The van der Waals surface area contributed by atoms with Crippen molar-refractivity contribution in [2.45, 2.75) is 6.92 Å². The van der Waals surface area contributed by atoms with Crippen LogP contribution in [0, 0.1) is 0 Å². The number of methoxy groups -OCH3 is 1. The Morgan fingerprint density at radius 1 is 1.17 bits per heavy atom. The first kappa shape index (κ1) is 18.2. The number of halogens is 1. The molecule has 1 aromatic carbocycles. The second-order valence-electron chi connectivity index (χ2n) is 5.03. The van der Waals surface area contributed by atoms with Gasteiger partial charge in [0.05, 0.1) is 18.7 Å². The molecule has 1 heterocycles. The maximum atomic E-state index is 12.4. The van der Waals surface area contributed by atoms with Crippen LogP contribution >= 0.6 is 23.8 Å². The van der Waals surface area contributed by atoms with Crippen molar-refractivity contribution in [2.75, 3.05) is 27.8 Å². The summed E-state index contributed by atoms with van der Waals surface area (Å²) < 4.78 is 10.7. The van der Waals surface area contributed by atoms with Crippen LogP contribution in [0.4, 0.5) is 0 Å². The third kappa shape index (κ3) is 3.22. The van der Waals surface area contributed by atoms with E-state index in [1.54, 1.807) is 12.1 Å². The number of nitrogens with zero attached hydrogens (tertiary/aromatic N) is 2. The fraction of sp³-hybridized carbons (Fsp3) is 0.312. The Labute approximate surface area is 150 Å². The lowest BCUT2D eigenvalue weighted by Gasteiger charge is -2.31. The van der Waals surface area contributed by atoms with Crippen LogP contribution in [0.1, 0.15) is 12.5 Å². The average Bonchev–Trinajstić information content (AvgIpc) is 2.57. The van der Waals surface area contributed by atoms with E-state index in [9.17, 15) is 9.59 Å². The number of thiocarbonyl (C=S) groups is 1. The molecule has 8 heteroatoms. The van der Waals surface area contributed by atoms with E-state index in [1.807, 2.05) is 6.92 Å². The lowest BCUT2D eigenvalue weighted by Crippen LogP contribution is -2.52. The third-order valence-electron chi connectivity index (χ3n) is 3.53. The molecule has 0 spiro atoms. The van der Waals surface area contributed by atoms with E-state index in [0.29, 0.717) is 28.7 Å². The highest BCUT2D eigenvalue weighted by Crippen LogP contribution is 2.35. The van der Waals surface area contributed by atoms with Gasteiger partial charge in [0.25, 0.3) is 11.8 Å². The standard InChI is InChI=1S/C16H17ClN2O4S/c1-5-23-13-8-11(17)9(7-12(13)22-4)6-10-14(20)18(2)16(24)19(3)15(10)21/h6-8H,5H2,1-4H3. The smallest absolute Gasteiger partial charge is 0.265 e. The molecule has 0 bridgehead atoms. The second kappa shape index (κ2) is 7.19. The van der Waals surface area contributed by atoms with Crippen molar-refractivity contribution in [3.63, 3.8) is 0 Å². The van der Waals surface area contributed by atoms with Gasteiger partial charge in [-0.15, -0.1) is 0 Å². The van der Waals surface area contributed by atoms with Gasteiger partial charge in [0.1, 0.15) is 5.57 Å². The highest BCUT2D eigenvalue weighted by molar-refractivity contribution is 7.80. The van der Waals surface area contributed by atoms with Crippen molar-refractivity contribution in [1.82, 2.24) is 9.80 Å². The fourth-order valence-corrected chi connectivity index (χ4v) is 2.59. The van der Waals surface area contributed by atoms with Crippen LogP contribution in [-0.2, 0) is 9.59 Å². The van der Waals surface area contributed by atoms with Crippen LogP contribution in [0.5, 0.6) is 11.5 Å². The zero-order valence-electron chi connectivity index (χ0n) is 13.8. The molecule has 0 saturated carbocycles. The van der Waals surface area contributed by atoms with E-state index < -0.39 is 11.8 Å². The molecule has 2 rings (SSSR count). The molecule has 128 valence electrons. The summed E-state index contributed by atoms with van der Waals surface area (Å²) in [5.74, 6) is -0.0102. The topological polar surface area (TPSA) is 59.1 Å². The summed E-state index contributed by atoms with van der Waals surface area (Å²) in [5.41, 5.74) is 0.449. The summed E-state index contributed by atoms with van der Waals surface area (Å²) in [5, 5.41) is 0.489. The van der Waals surface area contributed by atoms with Gasteiger partial charge in [-0.1, -0.05) is 11.6 Å². The van der Waals surface area contributed by atoms with E-state index in [1.165, 1.54) is 37.1 Å². The number of ether oxygens (including phenoxy) is 2. The molecule has 1 aromatic rings. The molecule has 24 heavy (non-hydrogen) atoms. The van der Waals surface area contributed by atoms with E-state index in [0.717, 1.165) is 0 Å². The minimum absolute atomic E-state index is 0.0262. The van der Waals surface area contributed by atoms with Crippen LogP contribution in [-0.4, -0.2) is 54.5 Å². The van der Waals surface area contributed by atoms with Crippen molar-refractivity contribution in [3.05, 3.63) is 28.3 Å². The highest BCUT2D eigenvalue weighted by atomic mass is 35.5. The second-order valence-corrected chi connectivity index (χ2v) is 5.80. The maximum Gasteiger partial charge on any atom is 0.265 e. The van der Waals surface area contributed by atoms with Gasteiger partial charge < -0.3 is 9.47 Å². The Kier molecular flexibility index (Phi) is 5.46. The lowest BCUT2D eigenvalue weighted by atomic mass is 10.1. The van der Waals surface area contributed by atoms with Gasteiger partial charge in [-0.2, -0.15) is 0 Å². The van der Waals surface area contributed by atoms with Gasteiger partial charge in [0.15, 0.2) is 16.6 Å². The number of carbonyl (C=O) groups excluding carboxylic acids is 2. The monoisotopic (exact) mass is 368 g/mol. The molecular weight excluding hydrogens is 352 g/mol. The predicted molar refractivity (Wildman–Crippen MR) is 95.3 cm³/mol. The Bertz CT molecular complexity index is 722. The molecule has 1 fully saturated rings. The predicted octanol–water partition coefficient (Wildman–Crippen LogP) is 2.35. The summed E-state index contributed by atoms with van der Waals surface area (Å²) in [4.78, 5) is 27.2. The summed E-state index contributed by atoms with van der Waals surface area (Å²) in [6.07, 6.45) is 1.43. The first-order chi connectivity index (χ1) is 11.3. The van der Waals surface area contributed by atoms with Gasteiger partial charge in [0.2, 0.25) is 0 Å². The molecule has 0 unspecified atom stereocenters. The van der Waals surface area contributed by atoms with Gasteiger partial charge in [-0.3, -0.25) is 19.4 Å². The molecule has 0 radical (unpaired) electrons. The van der Waals surface area contributed by atoms with Gasteiger partial charge >= 0.3 is 0 Å². The average molecular weight is 369 g/mol. The number of benzene rings is 1. The fourth-order valence-electron chi connectivity index (χ4n) is 2.22. The summed E-state index contributed by atoms with van der Waals surface area (Å²) >= 11 is 11.3. The van der Waals surface area contributed by atoms with Crippen molar-refractivity contribution in [3.8, 4) is 11.5 Å². The van der Waals surface area contributed by atoms with Crippen LogP contribution in [0.2, 0.25) is 5.02 Å². The first-order valence-electron chi connectivity index (χ1n) is 7.13. The summed E-state index contributed by atoms with van der Waals surface area (Å²) in [6, 6.07) is 3.21. The summed E-state index contributed by atoms with van der Waals surface area (Å²) in [7, 11) is 4.53. The number of hydrogen-bond acceptors (Lipinski definition) is 5.